The maximum atomic E-state index is 6.13. The molecule has 1 unspecified atom stereocenters. The number of pyridine rings is 1. The van der Waals surface area contributed by atoms with Crippen LogP contribution in [0.2, 0.25) is 0 Å². The van der Waals surface area contributed by atoms with Gasteiger partial charge in [0.2, 0.25) is 0 Å². The molecule has 9 N–H and O–H groups in total. The van der Waals surface area contributed by atoms with Crippen LogP contribution in [0.15, 0.2) is 36.4 Å². The smallest absolute Gasteiger partial charge is 0.165 e. The summed E-state index contributed by atoms with van der Waals surface area (Å²) >= 11 is 0. The van der Waals surface area contributed by atoms with Crippen LogP contribution in [0.1, 0.15) is 23.5 Å². The van der Waals surface area contributed by atoms with Crippen LogP contribution in [-0.2, 0) is 0 Å². The van der Waals surface area contributed by atoms with Crippen LogP contribution >= 0.6 is 0 Å². The second-order valence-corrected chi connectivity index (χ2v) is 4.58. The van der Waals surface area contributed by atoms with E-state index in [-0.39, 0.29) is 5.92 Å². The second kappa shape index (κ2) is 6.23. The predicted molar refractivity (Wildman–Crippen MR) is 82.8 cm³/mol. The SMILES string of the molecule is NCCC(c1ccccc1)c1cc(N)nc(NN)c1N. The molecule has 2 aromatic rings. The molecule has 6 heteroatoms. The van der Waals surface area contributed by atoms with E-state index in [1.54, 1.807) is 6.07 Å². The Morgan fingerprint density at radius 2 is 1.85 bits per heavy atom. The number of nitrogens with zero attached hydrogens (tertiary/aromatic N) is 1. The van der Waals surface area contributed by atoms with E-state index in [1.165, 1.54) is 0 Å². The van der Waals surface area contributed by atoms with Crippen molar-refractivity contribution in [3.63, 3.8) is 0 Å². The van der Waals surface area contributed by atoms with Gasteiger partial charge < -0.3 is 22.6 Å². The van der Waals surface area contributed by atoms with E-state index in [0.29, 0.717) is 23.9 Å². The molecular formula is C14H20N6. The van der Waals surface area contributed by atoms with E-state index in [9.17, 15) is 0 Å². The van der Waals surface area contributed by atoms with E-state index >= 15 is 0 Å². The summed E-state index contributed by atoms with van der Waals surface area (Å²) < 4.78 is 0. The number of hydrazine groups is 1. The van der Waals surface area contributed by atoms with Crippen LogP contribution in [0.25, 0.3) is 0 Å². The first-order valence-electron chi connectivity index (χ1n) is 6.45. The number of rotatable bonds is 5. The van der Waals surface area contributed by atoms with Crippen molar-refractivity contribution < 1.29 is 0 Å². The molecule has 2 rings (SSSR count). The van der Waals surface area contributed by atoms with Gasteiger partial charge in [-0.3, -0.25) is 0 Å². The number of nitrogen functional groups attached to an aromatic ring is 3. The average Bonchev–Trinajstić information content (AvgIpc) is 2.48. The molecule has 106 valence electrons. The van der Waals surface area contributed by atoms with Crippen molar-refractivity contribution >= 4 is 17.3 Å². The first-order valence-corrected chi connectivity index (χ1v) is 6.45. The van der Waals surface area contributed by atoms with E-state index in [4.69, 9.17) is 23.0 Å². The fourth-order valence-electron chi connectivity index (χ4n) is 2.35. The zero-order chi connectivity index (χ0) is 14.5. The van der Waals surface area contributed by atoms with Crippen molar-refractivity contribution in [1.82, 2.24) is 4.98 Å². The van der Waals surface area contributed by atoms with Gasteiger partial charge in [-0.25, -0.2) is 10.8 Å². The zero-order valence-electron chi connectivity index (χ0n) is 11.2. The van der Waals surface area contributed by atoms with Crippen molar-refractivity contribution in [3.8, 4) is 0 Å². The summed E-state index contributed by atoms with van der Waals surface area (Å²) in [5, 5.41) is 0. The van der Waals surface area contributed by atoms with Crippen LogP contribution in [0.3, 0.4) is 0 Å². The average molecular weight is 272 g/mol. The Balaban J connectivity index is 2.52. The van der Waals surface area contributed by atoms with Gasteiger partial charge in [0, 0.05) is 5.92 Å². The Hall–Kier alpha value is -2.31. The maximum absolute atomic E-state index is 6.13. The maximum Gasteiger partial charge on any atom is 0.165 e. The summed E-state index contributed by atoms with van der Waals surface area (Å²) in [5.74, 6) is 6.26. The minimum absolute atomic E-state index is 0.0681. The van der Waals surface area contributed by atoms with Crippen LogP contribution in [0.4, 0.5) is 17.3 Å². The molecule has 0 spiro atoms. The molecule has 0 aliphatic rings. The van der Waals surface area contributed by atoms with E-state index < -0.39 is 0 Å². The molecule has 0 bridgehead atoms. The second-order valence-electron chi connectivity index (χ2n) is 4.58. The topological polar surface area (TPSA) is 129 Å². The van der Waals surface area contributed by atoms with E-state index in [1.807, 2.05) is 30.3 Å². The molecule has 6 nitrogen and oxygen atoms in total. The summed E-state index contributed by atoms with van der Waals surface area (Å²) in [6.07, 6.45) is 0.766. The Kier molecular flexibility index (Phi) is 4.39. The molecule has 0 saturated heterocycles. The van der Waals surface area contributed by atoms with Crippen molar-refractivity contribution in [2.24, 2.45) is 11.6 Å². The summed E-state index contributed by atoms with van der Waals surface area (Å²) in [4.78, 5) is 4.07. The van der Waals surface area contributed by atoms with Gasteiger partial charge in [0.1, 0.15) is 5.82 Å². The van der Waals surface area contributed by atoms with Gasteiger partial charge in [0.25, 0.3) is 0 Å². The normalized spacial score (nSPS) is 12.1. The minimum Gasteiger partial charge on any atom is -0.395 e. The molecule has 1 aromatic heterocycles. The Labute approximate surface area is 118 Å². The van der Waals surface area contributed by atoms with Crippen LogP contribution in [-0.4, -0.2) is 11.5 Å². The molecule has 20 heavy (non-hydrogen) atoms. The highest BCUT2D eigenvalue weighted by atomic mass is 15.3. The number of anilines is 3. The Bertz CT molecular complexity index is 569. The summed E-state index contributed by atoms with van der Waals surface area (Å²) in [7, 11) is 0. The fourth-order valence-corrected chi connectivity index (χ4v) is 2.35. The minimum atomic E-state index is 0.0681. The van der Waals surface area contributed by atoms with Gasteiger partial charge >= 0.3 is 0 Å². The highest BCUT2D eigenvalue weighted by Crippen LogP contribution is 2.35. The van der Waals surface area contributed by atoms with Gasteiger partial charge in [-0.05, 0) is 30.2 Å². The number of benzene rings is 1. The predicted octanol–water partition coefficient (Wildman–Crippen LogP) is 1.01. The lowest BCUT2D eigenvalue weighted by Crippen LogP contribution is -2.16. The van der Waals surface area contributed by atoms with Crippen LogP contribution in [0.5, 0.6) is 0 Å². The molecular weight excluding hydrogens is 252 g/mol. The van der Waals surface area contributed by atoms with Gasteiger partial charge in [-0.2, -0.15) is 0 Å². The van der Waals surface area contributed by atoms with E-state index in [2.05, 4.69) is 10.4 Å². The molecule has 0 amide bonds. The number of hydrogen-bond acceptors (Lipinski definition) is 6. The highest BCUT2D eigenvalue weighted by Gasteiger charge is 2.19. The molecule has 0 aliphatic heterocycles. The van der Waals surface area contributed by atoms with Gasteiger partial charge in [-0.1, -0.05) is 30.3 Å². The number of aromatic nitrogens is 1. The number of nitrogens with two attached hydrogens (primary N) is 4. The first kappa shape index (κ1) is 14.1. The summed E-state index contributed by atoms with van der Waals surface area (Å²) in [6.45, 7) is 0.548. The van der Waals surface area contributed by atoms with Crippen LogP contribution < -0.4 is 28.5 Å². The van der Waals surface area contributed by atoms with Crippen molar-refractivity contribution in [1.29, 1.82) is 0 Å². The van der Waals surface area contributed by atoms with Crippen molar-refractivity contribution in [2.75, 3.05) is 23.4 Å². The molecule has 0 radical (unpaired) electrons. The molecule has 0 fully saturated rings. The quantitative estimate of drug-likeness (QED) is 0.408. The van der Waals surface area contributed by atoms with E-state index in [0.717, 1.165) is 17.5 Å². The van der Waals surface area contributed by atoms with Crippen molar-refractivity contribution in [3.05, 3.63) is 47.5 Å². The molecule has 1 heterocycles. The van der Waals surface area contributed by atoms with Crippen molar-refractivity contribution in [2.45, 2.75) is 12.3 Å². The monoisotopic (exact) mass is 272 g/mol. The first-order chi connectivity index (χ1) is 9.67. The standard InChI is InChI=1S/C14H20N6/c15-7-6-10(9-4-2-1-3-5-9)11-8-12(16)19-14(20-18)13(11)17/h1-5,8,10H,6-7,15,17-18H2,(H3,16,19,20). The lowest BCUT2D eigenvalue weighted by atomic mass is 9.88. The molecule has 0 saturated carbocycles. The molecule has 1 atom stereocenters. The Morgan fingerprint density at radius 1 is 1.15 bits per heavy atom. The van der Waals surface area contributed by atoms with Gasteiger partial charge in [0.05, 0.1) is 5.69 Å². The van der Waals surface area contributed by atoms with Gasteiger partial charge in [0.15, 0.2) is 5.82 Å². The third kappa shape index (κ3) is 2.81. The highest BCUT2D eigenvalue weighted by molar-refractivity contribution is 5.70. The summed E-state index contributed by atoms with van der Waals surface area (Å²) in [6, 6.07) is 11.8. The third-order valence-corrected chi connectivity index (χ3v) is 3.28. The Morgan fingerprint density at radius 3 is 2.45 bits per heavy atom. The van der Waals surface area contributed by atoms with Crippen LogP contribution in [0, 0.1) is 0 Å². The molecule has 0 aliphatic carbocycles. The molecule has 1 aromatic carbocycles. The largest absolute Gasteiger partial charge is 0.395 e. The summed E-state index contributed by atoms with van der Waals surface area (Å²) in [5.41, 5.74) is 22.7. The fraction of sp³-hybridized carbons (Fsp3) is 0.214. The number of hydrogen-bond donors (Lipinski definition) is 5. The van der Waals surface area contributed by atoms with Gasteiger partial charge in [-0.15, -0.1) is 0 Å². The lowest BCUT2D eigenvalue weighted by Gasteiger charge is -2.20. The lowest BCUT2D eigenvalue weighted by molar-refractivity contribution is 0.727. The third-order valence-electron chi connectivity index (χ3n) is 3.28. The zero-order valence-corrected chi connectivity index (χ0v) is 11.2. The number of nitrogens with one attached hydrogen (secondary N) is 1.